The van der Waals surface area contributed by atoms with Crippen molar-refractivity contribution in [3.8, 4) is 0 Å². The van der Waals surface area contributed by atoms with Crippen LogP contribution in [0.2, 0.25) is 0 Å². The fraction of sp³-hybridized carbons (Fsp3) is 0.533. The Labute approximate surface area is 143 Å². The molecule has 2 rings (SSSR count). The maximum atomic E-state index is 13.1. The summed E-state index contributed by atoms with van der Waals surface area (Å²) in [7, 11) is 0. The van der Waals surface area contributed by atoms with Crippen LogP contribution in [0, 0.1) is 5.41 Å². The van der Waals surface area contributed by atoms with Crippen molar-refractivity contribution in [1.29, 1.82) is 0 Å². The zero-order valence-corrected chi connectivity index (χ0v) is 14.2. The van der Waals surface area contributed by atoms with Gasteiger partial charge in [0.2, 0.25) is 0 Å². The van der Waals surface area contributed by atoms with Crippen LogP contribution in [0.25, 0.3) is 0 Å². The summed E-state index contributed by atoms with van der Waals surface area (Å²) in [6, 6.07) is 1.18. The van der Waals surface area contributed by atoms with Crippen molar-refractivity contribution in [3.63, 3.8) is 0 Å². The molecular weight excluding hydrogens is 344 g/mol. The fourth-order valence-corrected chi connectivity index (χ4v) is 2.57. The van der Waals surface area contributed by atoms with Crippen molar-refractivity contribution in [2.24, 2.45) is 11.1 Å². The predicted molar refractivity (Wildman–Crippen MR) is 87.1 cm³/mol. The smallest absolute Gasteiger partial charge is 0.277 e. The van der Waals surface area contributed by atoms with Crippen LogP contribution in [0.5, 0.6) is 0 Å². The Morgan fingerprint density at radius 1 is 1.38 bits per heavy atom. The highest BCUT2D eigenvalue weighted by Crippen LogP contribution is 2.33. The number of carbonyl (C=O) groups is 2. The lowest BCUT2D eigenvalue weighted by Gasteiger charge is -2.29. The molecule has 0 saturated carbocycles. The third-order valence-corrected chi connectivity index (χ3v) is 3.77. The van der Waals surface area contributed by atoms with Crippen LogP contribution in [0.4, 0.5) is 8.78 Å². The lowest BCUT2D eigenvalue weighted by molar-refractivity contribution is 0.0118. The number of amides is 1. The highest BCUT2D eigenvalue weighted by molar-refractivity contribution is 6.02. The van der Waals surface area contributed by atoms with Gasteiger partial charge in [-0.2, -0.15) is 0 Å². The molecule has 0 radical (unpaired) electrons. The van der Waals surface area contributed by atoms with Gasteiger partial charge in [-0.05, 0) is 17.9 Å². The summed E-state index contributed by atoms with van der Waals surface area (Å²) in [5.74, 6) is -4.40. The molecule has 0 fully saturated rings. The molecule has 1 amide bonds. The number of nitrogens with two attached hydrogens (primary N) is 1. The van der Waals surface area contributed by atoms with Crippen molar-refractivity contribution in [2.75, 3.05) is 13.1 Å². The average molecular weight is 364 g/mol. The normalized spacial score (nSPS) is 16.1. The first-order chi connectivity index (χ1) is 10.5. The summed E-state index contributed by atoms with van der Waals surface area (Å²) < 4.78 is 26.1. The van der Waals surface area contributed by atoms with Gasteiger partial charge < -0.3 is 16.0 Å². The van der Waals surface area contributed by atoms with Gasteiger partial charge in [0.05, 0.1) is 13.1 Å². The monoisotopic (exact) mass is 363 g/mol. The van der Waals surface area contributed by atoms with E-state index in [4.69, 9.17) is 5.73 Å². The molecule has 0 spiro atoms. The van der Waals surface area contributed by atoms with E-state index in [1.807, 2.05) is 19.2 Å². The van der Waals surface area contributed by atoms with Crippen molar-refractivity contribution in [2.45, 2.75) is 32.6 Å². The van der Waals surface area contributed by atoms with Crippen LogP contribution >= 0.6 is 12.4 Å². The minimum atomic E-state index is -3.25. The summed E-state index contributed by atoms with van der Waals surface area (Å²) in [6.07, 6.45) is 0.787. The standard InChI is InChI=1S/C15H19F2N3O3.ClH/c1-14(2)4-10-8(11(21)5-14)3-9(13(23)20-10)12(22)19-7-15(16,17)6-18;/h3H,4-7,18H2,1-2H3,(H,19,22)(H,20,23);1H. The zero-order chi connectivity index (χ0) is 17.4. The molecule has 6 nitrogen and oxygen atoms in total. The number of H-pyrrole nitrogens is 1. The Morgan fingerprint density at radius 2 is 2.00 bits per heavy atom. The summed E-state index contributed by atoms with van der Waals surface area (Å²) >= 11 is 0. The Morgan fingerprint density at radius 3 is 2.58 bits per heavy atom. The topological polar surface area (TPSA) is 105 Å². The number of nitrogens with one attached hydrogen (secondary N) is 2. The number of Topliss-reactive ketones (excluding diaryl/α,β-unsaturated/α-hetero) is 1. The molecule has 0 aromatic carbocycles. The van der Waals surface area contributed by atoms with Gasteiger partial charge in [0.1, 0.15) is 5.56 Å². The van der Waals surface area contributed by atoms with Crippen molar-refractivity contribution >= 4 is 24.1 Å². The van der Waals surface area contributed by atoms with E-state index < -0.39 is 30.5 Å². The van der Waals surface area contributed by atoms with Crippen molar-refractivity contribution in [1.82, 2.24) is 10.3 Å². The fourth-order valence-electron chi connectivity index (χ4n) is 2.57. The lowest BCUT2D eigenvalue weighted by atomic mass is 9.75. The molecule has 0 unspecified atom stereocenters. The second-order valence-electron chi connectivity index (χ2n) is 6.59. The number of pyridine rings is 1. The Bertz CT molecular complexity index is 716. The Hall–Kier alpha value is -1.80. The number of aromatic nitrogens is 1. The van der Waals surface area contributed by atoms with Crippen LogP contribution in [0.15, 0.2) is 10.9 Å². The van der Waals surface area contributed by atoms with Gasteiger partial charge in [-0.15, -0.1) is 12.4 Å². The van der Waals surface area contributed by atoms with E-state index in [0.29, 0.717) is 18.5 Å². The highest BCUT2D eigenvalue weighted by Gasteiger charge is 2.33. The molecule has 0 bridgehead atoms. The highest BCUT2D eigenvalue weighted by atomic mass is 35.5. The molecule has 1 aromatic heterocycles. The van der Waals surface area contributed by atoms with Crippen LogP contribution in [0.3, 0.4) is 0 Å². The maximum absolute atomic E-state index is 13.1. The molecule has 0 atom stereocenters. The molecule has 1 aliphatic carbocycles. The maximum Gasteiger partial charge on any atom is 0.277 e. The van der Waals surface area contributed by atoms with E-state index >= 15 is 0 Å². The van der Waals surface area contributed by atoms with Crippen LogP contribution in [0.1, 0.15) is 46.7 Å². The zero-order valence-electron chi connectivity index (χ0n) is 13.4. The molecule has 4 N–H and O–H groups in total. The number of hydrogen-bond acceptors (Lipinski definition) is 4. The van der Waals surface area contributed by atoms with E-state index in [1.165, 1.54) is 6.07 Å². The summed E-state index contributed by atoms with van der Waals surface area (Å²) in [6.45, 7) is 1.92. The number of halogens is 3. The van der Waals surface area contributed by atoms with Crippen LogP contribution in [-0.4, -0.2) is 35.7 Å². The molecule has 1 aromatic rings. The van der Waals surface area contributed by atoms with Crippen LogP contribution in [-0.2, 0) is 6.42 Å². The number of rotatable bonds is 4. The third-order valence-electron chi connectivity index (χ3n) is 3.77. The van der Waals surface area contributed by atoms with Gasteiger partial charge in [-0.3, -0.25) is 14.4 Å². The van der Waals surface area contributed by atoms with Crippen molar-refractivity contribution in [3.05, 3.63) is 33.2 Å². The van der Waals surface area contributed by atoms with E-state index in [1.54, 1.807) is 0 Å². The van der Waals surface area contributed by atoms with Gasteiger partial charge in [0.15, 0.2) is 5.78 Å². The summed E-state index contributed by atoms with van der Waals surface area (Å²) in [4.78, 5) is 38.6. The van der Waals surface area contributed by atoms with Gasteiger partial charge >= 0.3 is 0 Å². The minimum absolute atomic E-state index is 0. The first-order valence-corrected chi connectivity index (χ1v) is 7.20. The molecule has 0 saturated heterocycles. The second kappa shape index (κ2) is 6.98. The third kappa shape index (κ3) is 4.39. The summed E-state index contributed by atoms with van der Waals surface area (Å²) in [5, 5.41) is 1.97. The number of ketones is 1. The first kappa shape index (κ1) is 20.2. The predicted octanol–water partition coefficient (Wildman–Crippen LogP) is 1.28. The molecule has 9 heteroatoms. The first-order valence-electron chi connectivity index (χ1n) is 7.20. The minimum Gasteiger partial charge on any atom is -0.346 e. The molecule has 1 aliphatic rings. The van der Waals surface area contributed by atoms with E-state index in [9.17, 15) is 23.2 Å². The van der Waals surface area contributed by atoms with Gasteiger partial charge in [-0.1, -0.05) is 13.8 Å². The largest absolute Gasteiger partial charge is 0.346 e. The number of aromatic amines is 1. The average Bonchev–Trinajstić information content (AvgIpc) is 2.43. The van der Waals surface area contributed by atoms with E-state index in [2.05, 4.69) is 4.98 Å². The molecular formula is C15H20ClF2N3O3. The van der Waals surface area contributed by atoms with E-state index in [-0.39, 0.29) is 34.7 Å². The van der Waals surface area contributed by atoms with Gasteiger partial charge in [-0.25, -0.2) is 8.78 Å². The SMILES string of the molecule is CC1(C)CC(=O)c2cc(C(=O)NCC(F)(F)CN)c(=O)[nH]c2C1.Cl. The molecule has 24 heavy (non-hydrogen) atoms. The van der Waals surface area contributed by atoms with Crippen molar-refractivity contribution < 1.29 is 18.4 Å². The molecule has 0 aliphatic heterocycles. The summed E-state index contributed by atoms with van der Waals surface area (Å²) in [5.41, 5.74) is 4.28. The molecule has 134 valence electrons. The van der Waals surface area contributed by atoms with Crippen LogP contribution < -0.4 is 16.6 Å². The quantitative estimate of drug-likeness (QED) is 0.749. The molecule has 1 heterocycles. The van der Waals surface area contributed by atoms with Gasteiger partial charge in [0.25, 0.3) is 17.4 Å². The van der Waals surface area contributed by atoms with Gasteiger partial charge in [0, 0.05) is 17.7 Å². The number of hydrogen-bond donors (Lipinski definition) is 3. The number of fused-ring (bicyclic) bond motifs is 1. The Balaban J connectivity index is 0.00000288. The second-order valence-corrected chi connectivity index (χ2v) is 6.59. The lowest BCUT2D eigenvalue weighted by Crippen LogP contribution is -2.43. The van der Waals surface area contributed by atoms with E-state index in [0.717, 1.165) is 0 Å². The number of alkyl halides is 2. The number of carbonyl (C=O) groups excluding carboxylic acids is 2. The Kier molecular flexibility index (Phi) is 5.89.